The Hall–Kier alpha value is -0.530. The van der Waals surface area contributed by atoms with Crippen LogP contribution in [0.25, 0.3) is 0 Å². The van der Waals surface area contributed by atoms with Crippen molar-refractivity contribution in [3.05, 3.63) is 34.9 Å². The molecule has 0 aliphatic heterocycles. The summed E-state index contributed by atoms with van der Waals surface area (Å²) in [6.45, 7) is 2.25. The molecule has 1 nitrogen and oxygen atoms in total. The number of aliphatic hydroxyl groups is 1. The predicted octanol–water partition coefficient (Wildman–Crippen LogP) is 5.77. The molecular weight excluding hydrogens is 268 g/mol. The summed E-state index contributed by atoms with van der Waals surface area (Å²) in [7, 11) is 0. The molecule has 0 spiro atoms. The van der Waals surface area contributed by atoms with Crippen LogP contribution < -0.4 is 0 Å². The van der Waals surface area contributed by atoms with E-state index in [1.807, 2.05) is 24.3 Å². The zero-order chi connectivity index (χ0) is 14.6. The maximum Gasteiger partial charge on any atom is 0.0580 e. The summed E-state index contributed by atoms with van der Waals surface area (Å²) in [6, 6.07) is 7.78. The van der Waals surface area contributed by atoms with Gasteiger partial charge in [-0.05, 0) is 30.5 Å². The van der Waals surface area contributed by atoms with Crippen molar-refractivity contribution in [1.82, 2.24) is 0 Å². The Labute approximate surface area is 129 Å². The molecule has 1 atom stereocenters. The highest BCUT2D eigenvalue weighted by Crippen LogP contribution is 2.14. The first-order valence-electron chi connectivity index (χ1n) is 8.15. The third-order valence-electron chi connectivity index (χ3n) is 3.78. The third-order valence-corrected chi connectivity index (χ3v) is 4.03. The molecule has 1 aromatic carbocycles. The Bertz CT molecular complexity index is 334. The average Bonchev–Trinajstić information content (AvgIpc) is 2.44. The summed E-state index contributed by atoms with van der Waals surface area (Å²) < 4.78 is 0. The van der Waals surface area contributed by atoms with Gasteiger partial charge in [0.2, 0.25) is 0 Å². The van der Waals surface area contributed by atoms with Crippen molar-refractivity contribution < 1.29 is 5.11 Å². The van der Waals surface area contributed by atoms with Crippen molar-refractivity contribution in [1.29, 1.82) is 0 Å². The summed E-state index contributed by atoms with van der Waals surface area (Å²) in [5.41, 5.74) is 1.17. The second-order valence-electron chi connectivity index (χ2n) is 5.75. The van der Waals surface area contributed by atoms with E-state index in [1.54, 1.807) is 0 Å². The molecule has 1 unspecified atom stereocenters. The van der Waals surface area contributed by atoms with Crippen LogP contribution in [0.4, 0.5) is 0 Å². The van der Waals surface area contributed by atoms with Gasteiger partial charge in [-0.3, -0.25) is 0 Å². The highest BCUT2D eigenvalue weighted by atomic mass is 35.5. The fraction of sp³-hybridized carbons (Fsp3) is 0.667. The lowest BCUT2D eigenvalue weighted by Gasteiger charge is -2.10. The topological polar surface area (TPSA) is 20.2 Å². The predicted molar refractivity (Wildman–Crippen MR) is 88.4 cm³/mol. The second-order valence-corrected chi connectivity index (χ2v) is 6.18. The van der Waals surface area contributed by atoms with Crippen molar-refractivity contribution in [2.24, 2.45) is 0 Å². The van der Waals surface area contributed by atoms with Crippen molar-refractivity contribution in [2.45, 2.75) is 77.2 Å². The Morgan fingerprint density at radius 1 is 0.900 bits per heavy atom. The van der Waals surface area contributed by atoms with Gasteiger partial charge in [0.25, 0.3) is 0 Å². The number of aliphatic hydroxyl groups excluding tert-OH is 1. The molecule has 0 radical (unpaired) electrons. The van der Waals surface area contributed by atoms with Crippen LogP contribution in [-0.2, 0) is 6.42 Å². The van der Waals surface area contributed by atoms with E-state index in [0.29, 0.717) is 0 Å². The van der Waals surface area contributed by atoms with E-state index in [2.05, 4.69) is 6.92 Å². The Kier molecular flexibility index (Phi) is 9.78. The van der Waals surface area contributed by atoms with Crippen LogP contribution >= 0.6 is 11.6 Å². The average molecular weight is 297 g/mol. The SMILES string of the molecule is CCCCCCCCCCC(O)Cc1ccc(Cl)cc1. The van der Waals surface area contributed by atoms with Crippen LogP contribution in [0.3, 0.4) is 0 Å². The standard InChI is InChI=1S/C18H29ClO/c1-2-3-4-5-6-7-8-9-10-18(20)15-16-11-13-17(19)14-12-16/h11-14,18,20H,2-10,15H2,1H3. The second kappa shape index (κ2) is 11.2. The van der Waals surface area contributed by atoms with Crippen LogP contribution in [-0.4, -0.2) is 11.2 Å². The van der Waals surface area contributed by atoms with E-state index in [-0.39, 0.29) is 6.10 Å². The van der Waals surface area contributed by atoms with Gasteiger partial charge in [0.1, 0.15) is 0 Å². The van der Waals surface area contributed by atoms with Crippen molar-refractivity contribution in [3.8, 4) is 0 Å². The lowest BCUT2D eigenvalue weighted by atomic mass is 10.0. The van der Waals surface area contributed by atoms with Gasteiger partial charge in [0.15, 0.2) is 0 Å². The molecule has 0 amide bonds. The number of hydrogen-bond acceptors (Lipinski definition) is 1. The number of hydrogen-bond donors (Lipinski definition) is 1. The molecule has 0 aliphatic rings. The number of benzene rings is 1. The first-order valence-corrected chi connectivity index (χ1v) is 8.52. The van der Waals surface area contributed by atoms with Crippen LogP contribution in [0.1, 0.15) is 70.3 Å². The number of unbranched alkanes of at least 4 members (excludes halogenated alkanes) is 7. The fourth-order valence-electron chi connectivity index (χ4n) is 2.51. The van der Waals surface area contributed by atoms with Gasteiger partial charge in [-0.15, -0.1) is 0 Å². The largest absolute Gasteiger partial charge is 0.393 e. The summed E-state index contributed by atoms with van der Waals surface area (Å²) in [5, 5.41) is 10.8. The smallest absolute Gasteiger partial charge is 0.0580 e. The van der Waals surface area contributed by atoms with Gasteiger partial charge >= 0.3 is 0 Å². The van der Waals surface area contributed by atoms with E-state index in [4.69, 9.17) is 11.6 Å². The lowest BCUT2D eigenvalue weighted by molar-refractivity contribution is 0.161. The van der Waals surface area contributed by atoms with Gasteiger partial charge in [-0.25, -0.2) is 0 Å². The minimum absolute atomic E-state index is 0.212. The van der Waals surface area contributed by atoms with Crippen LogP contribution in [0, 0.1) is 0 Å². The van der Waals surface area contributed by atoms with E-state index >= 15 is 0 Å². The Morgan fingerprint density at radius 3 is 2.05 bits per heavy atom. The maximum absolute atomic E-state index is 10.0. The summed E-state index contributed by atoms with van der Waals surface area (Å²) >= 11 is 5.85. The monoisotopic (exact) mass is 296 g/mol. The molecule has 0 aliphatic carbocycles. The summed E-state index contributed by atoms with van der Waals surface area (Å²) in [5.74, 6) is 0. The van der Waals surface area contributed by atoms with E-state index in [9.17, 15) is 5.11 Å². The number of halogens is 1. The molecule has 0 heterocycles. The Balaban J connectivity index is 2.00. The molecule has 114 valence electrons. The first-order chi connectivity index (χ1) is 9.72. The minimum atomic E-state index is -0.212. The maximum atomic E-state index is 10.0. The fourth-order valence-corrected chi connectivity index (χ4v) is 2.63. The molecule has 0 fully saturated rings. The normalized spacial score (nSPS) is 12.6. The summed E-state index contributed by atoms with van der Waals surface area (Å²) in [4.78, 5) is 0. The molecule has 1 rings (SSSR count). The van der Waals surface area contributed by atoms with Gasteiger partial charge < -0.3 is 5.11 Å². The third kappa shape index (κ3) is 8.60. The molecule has 20 heavy (non-hydrogen) atoms. The molecule has 1 N–H and O–H groups in total. The summed E-state index contributed by atoms with van der Waals surface area (Å²) in [6.07, 6.45) is 12.0. The molecule has 0 aromatic heterocycles. The van der Waals surface area contributed by atoms with Crippen molar-refractivity contribution in [2.75, 3.05) is 0 Å². The number of rotatable bonds is 11. The highest BCUT2D eigenvalue weighted by Gasteiger charge is 2.05. The zero-order valence-corrected chi connectivity index (χ0v) is 13.5. The van der Waals surface area contributed by atoms with Crippen molar-refractivity contribution in [3.63, 3.8) is 0 Å². The minimum Gasteiger partial charge on any atom is -0.393 e. The molecule has 0 bridgehead atoms. The lowest BCUT2D eigenvalue weighted by Crippen LogP contribution is -2.10. The van der Waals surface area contributed by atoms with Crippen LogP contribution in [0.2, 0.25) is 5.02 Å². The van der Waals surface area contributed by atoms with E-state index in [1.165, 1.54) is 50.5 Å². The van der Waals surface area contributed by atoms with E-state index < -0.39 is 0 Å². The van der Waals surface area contributed by atoms with Crippen LogP contribution in [0.5, 0.6) is 0 Å². The first kappa shape index (κ1) is 17.5. The van der Waals surface area contributed by atoms with E-state index in [0.717, 1.165) is 24.3 Å². The molecular formula is C18H29ClO. The van der Waals surface area contributed by atoms with Gasteiger partial charge in [-0.2, -0.15) is 0 Å². The van der Waals surface area contributed by atoms with Gasteiger partial charge in [0.05, 0.1) is 6.10 Å². The zero-order valence-electron chi connectivity index (χ0n) is 12.8. The molecule has 2 heteroatoms. The van der Waals surface area contributed by atoms with Crippen LogP contribution in [0.15, 0.2) is 24.3 Å². The molecule has 1 aromatic rings. The van der Waals surface area contributed by atoms with Gasteiger partial charge in [0, 0.05) is 5.02 Å². The molecule has 0 saturated heterocycles. The Morgan fingerprint density at radius 2 is 1.45 bits per heavy atom. The quantitative estimate of drug-likeness (QED) is 0.514. The molecule has 0 saturated carbocycles. The van der Waals surface area contributed by atoms with Gasteiger partial charge in [-0.1, -0.05) is 82.0 Å². The van der Waals surface area contributed by atoms with Crippen molar-refractivity contribution >= 4 is 11.6 Å². The highest BCUT2D eigenvalue weighted by molar-refractivity contribution is 6.30.